The number of hydrogen-bond acceptors (Lipinski definition) is 3. The van der Waals surface area contributed by atoms with Crippen molar-refractivity contribution in [1.29, 1.82) is 0 Å². The van der Waals surface area contributed by atoms with Gasteiger partial charge in [-0.3, -0.25) is 4.68 Å². The fourth-order valence-electron chi connectivity index (χ4n) is 1.62. The molecular weight excluding hydrogens is 238 g/mol. The highest BCUT2D eigenvalue weighted by molar-refractivity contribution is 6.29. The van der Waals surface area contributed by atoms with Crippen molar-refractivity contribution < 1.29 is 0 Å². The highest BCUT2D eigenvalue weighted by Crippen LogP contribution is 2.09. The zero-order valence-corrected chi connectivity index (χ0v) is 11.0. The van der Waals surface area contributed by atoms with Crippen LogP contribution in [0.3, 0.4) is 0 Å². The standard InChI is InChI=1S/C11H16ClN5/c1-8-9(5-15-17(8)3)4-13-7-11-14-6-10(12)16(11)2/h5-6,13H,4,7H2,1-3H3. The number of nitrogens with one attached hydrogen (secondary N) is 1. The van der Waals surface area contributed by atoms with Gasteiger partial charge in [0.1, 0.15) is 11.0 Å². The fraction of sp³-hybridized carbons (Fsp3) is 0.455. The molecule has 2 aromatic heterocycles. The van der Waals surface area contributed by atoms with E-state index in [4.69, 9.17) is 11.6 Å². The van der Waals surface area contributed by atoms with Crippen LogP contribution in [0.5, 0.6) is 0 Å². The van der Waals surface area contributed by atoms with Gasteiger partial charge in [0.25, 0.3) is 0 Å². The highest BCUT2D eigenvalue weighted by atomic mass is 35.5. The monoisotopic (exact) mass is 253 g/mol. The number of aryl methyl sites for hydroxylation is 1. The molecule has 0 aromatic carbocycles. The van der Waals surface area contributed by atoms with Crippen LogP contribution in [0.1, 0.15) is 17.1 Å². The first kappa shape index (κ1) is 12.1. The average molecular weight is 254 g/mol. The number of nitrogens with zero attached hydrogens (tertiary/aromatic N) is 4. The van der Waals surface area contributed by atoms with Gasteiger partial charge < -0.3 is 9.88 Å². The molecule has 2 rings (SSSR count). The molecule has 0 saturated heterocycles. The maximum Gasteiger partial charge on any atom is 0.128 e. The Morgan fingerprint density at radius 1 is 1.29 bits per heavy atom. The van der Waals surface area contributed by atoms with Crippen LogP contribution < -0.4 is 5.32 Å². The molecule has 0 aliphatic carbocycles. The van der Waals surface area contributed by atoms with Crippen LogP contribution in [0, 0.1) is 6.92 Å². The van der Waals surface area contributed by atoms with E-state index in [0.29, 0.717) is 11.7 Å². The molecule has 0 fully saturated rings. The lowest BCUT2D eigenvalue weighted by Gasteiger charge is -2.05. The first-order chi connectivity index (χ1) is 8.09. The predicted octanol–water partition coefficient (Wildman–Crippen LogP) is 1.41. The van der Waals surface area contributed by atoms with E-state index in [1.165, 1.54) is 11.3 Å². The van der Waals surface area contributed by atoms with Gasteiger partial charge in [0.15, 0.2) is 0 Å². The Labute approximate surface area is 105 Å². The van der Waals surface area contributed by atoms with E-state index in [0.717, 1.165) is 12.4 Å². The summed E-state index contributed by atoms with van der Waals surface area (Å²) in [4.78, 5) is 4.22. The SMILES string of the molecule is Cc1c(CNCc2ncc(Cl)n2C)cnn1C. The van der Waals surface area contributed by atoms with Crippen molar-refractivity contribution in [2.75, 3.05) is 0 Å². The molecule has 0 aliphatic rings. The molecule has 0 radical (unpaired) electrons. The summed E-state index contributed by atoms with van der Waals surface area (Å²) in [6.07, 6.45) is 3.54. The van der Waals surface area contributed by atoms with E-state index in [1.807, 2.05) is 29.5 Å². The first-order valence-electron chi connectivity index (χ1n) is 5.44. The molecule has 5 nitrogen and oxygen atoms in total. The van der Waals surface area contributed by atoms with Crippen LogP contribution in [0.15, 0.2) is 12.4 Å². The van der Waals surface area contributed by atoms with Crippen molar-refractivity contribution >= 4 is 11.6 Å². The van der Waals surface area contributed by atoms with Crippen LogP contribution in [0.25, 0.3) is 0 Å². The fourth-order valence-corrected chi connectivity index (χ4v) is 1.76. The zero-order chi connectivity index (χ0) is 12.4. The molecule has 2 heterocycles. The lowest BCUT2D eigenvalue weighted by atomic mass is 10.2. The average Bonchev–Trinajstić information content (AvgIpc) is 2.79. The molecule has 0 unspecified atom stereocenters. The lowest BCUT2D eigenvalue weighted by molar-refractivity contribution is 0.636. The summed E-state index contributed by atoms with van der Waals surface area (Å²) in [7, 11) is 3.85. The van der Waals surface area contributed by atoms with Gasteiger partial charge in [-0.2, -0.15) is 5.10 Å². The van der Waals surface area contributed by atoms with E-state index in [9.17, 15) is 0 Å². The summed E-state index contributed by atoms with van der Waals surface area (Å²) >= 11 is 5.91. The molecule has 0 spiro atoms. The van der Waals surface area contributed by atoms with Crippen molar-refractivity contribution in [3.63, 3.8) is 0 Å². The van der Waals surface area contributed by atoms with Crippen molar-refractivity contribution in [3.05, 3.63) is 34.6 Å². The minimum atomic E-state index is 0.652. The first-order valence-corrected chi connectivity index (χ1v) is 5.81. The third-order valence-electron chi connectivity index (χ3n) is 2.96. The summed E-state index contributed by atoms with van der Waals surface area (Å²) in [5.41, 5.74) is 2.38. The smallest absolute Gasteiger partial charge is 0.128 e. The molecular formula is C11H16ClN5. The molecule has 17 heavy (non-hydrogen) atoms. The number of imidazole rings is 1. The van der Waals surface area contributed by atoms with Gasteiger partial charge in [-0.1, -0.05) is 11.6 Å². The van der Waals surface area contributed by atoms with E-state index in [-0.39, 0.29) is 0 Å². The molecule has 0 bridgehead atoms. The van der Waals surface area contributed by atoms with Gasteiger partial charge in [0, 0.05) is 31.9 Å². The van der Waals surface area contributed by atoms with Gasteiger partial charge in [0.2, 0.25) is 0 Å². The Hall–Kier alpha value is -1.33. The Morgan fingerprint density at radius 2 is 2.06 bits per heavy atom. The maximum atomic E-state index is 5.91. The summed E-state index contributed by atoms with van der Waals surface area (Å²) < 4.78 is 3.74. The number of hydrogen-bond donors (Lipinski definition) is 1. The van der Waals surface area contributed by atoms with E-state index in [1.54, 1.807) is 6.20 Å². The Morgan fingerprint density at radius 3 is 2.59 bits per heavy atom. The minimum Gasteiger partial charge on any atom is -0.321 e. The Kier molecular flexibility index (Phi) is 3.49. The molecule has 92 valence electrons. The van der Waals surface area contributed by atoms with Gasteiger partial charge in [-0.25, -0.2) is 4.98 Å². The van der Waals surface area contributed by atoms with Crippen molar-refractivity contribution in [2.45, 2.75) is 20.0 Å². The van der Waals surface area contributed by atoms with Gasteiger partial charge in [0.05, 0.1) is 18.9 Å². The summed E-state index contributed by atoms with van der Waals surface area (Å²) in [5.74, 6) is 0.927. The van der Waals surface area contributed by atoms with E-state index < -0.39 is 0 Å². The second-order valence-electron chi connectivity index (χ2n) is 4.04. The topological polar surface area (TPSA) is 47.7 Å². The maximum absolute atomic E-state index is 5.91. The molecule has 0 aliphatic heterocycles. The second-order valence-corrected chi connectivity index (χ2v) is 4.43. The van der Waals surface area contributed by atoms with Crippen molar-refractivity contribution in [1.82, 2.24) is 24.6 Å². The summed E-state index contributed by atoms with van der Waals surface area (Å²) in [5, 5.41) is 8.18. The number of aromatic nitrogens is 4. The van der Waals surface area contributed by atoms with Crippen LogP contribution in [-0.2, 0) is 27.2 Å². The normalized spacial score (nSPS) is 11.1. The van der Waals surface area contributed by atoms with E-state index in [2.05, 4.69) is 22.3 Å². The van der Waals surface area contributed by atoms with Crippen molar-refractivity contribution in [2.24, 2.45) is 14.1 Å². The Balaban J connectivity index is 1.92. The molecule has 6 heteroatoms. The molecule has 2 aromatic rings. The molecule has 0 amide bonds. The highest BCUT2D eigenvalue weighted by Gasteiger charge is 2.06. The van der Waals surface area contributed by atoms with Crippen LogP contribution in [0.4, 0.5) is 0 Å². The zero-order valence-electron chi connectivity index (χ0n) is 10.2. The molecule has 0 saturated carbocycles. The summed E-state index contributed by atoms with van der Waals surface area (Å²) in [6, 6.07) is 0. The number of halogens is 1. The van der Waals surface area contributed by atoms with Gasteiger partial charge in [-0.05, 0) is 6.92 Å². The number of rotatable bonds is 4. The third-order valence-corrected chi connectivity index (χ3v) is 3.31. The van der Waals surface area contributed by atoms with Gasteiger partial charge in [-0.15, -0.1) is 0 Å². The van der Waals surface area contributed by atoms with E-state index >= 15 is 0 Å². The Bertz CT molecular complexity index is 468. The van der Waals surface area contributed by atoms with Gasteiger partial charge >= 0.3 is 0 Å². The van der Waals surface area contributed by atoms with Crippen LogP contribution in [0.2, 0.25) is 5.15 Å². The molecule has 1 N–H and O–H groups in total. The second kappa shape index (κ2) is 4.89. The largest absolute Gasteiger partial charge is 0.321 e. The van der Waals surface area contributed by atoms with Crippen LogP contribution >= 0.6 is 11.6 Å². The third kappa shape index (κ3) is 2.50. The predicted molar refractivity (Wildman–Crippen MR) is 66.7 cm³/mol. The minimum absolute atomic E-state index is 0.652. The van der Waals surface area contributed by atoms with Crippen molar-refractivity contribution in [3.8, 4) is 0 Å². The quantitative estimate of drug-likeness (QED) is 0.896. The lowest BCUT2D eigenvalue weighted by Crippen LogP contribution is -2.16. The molecule has 0 atom stereocenters. The summed E-state index contributed by atoms with van der Waals surface area (Å²) in [6.45, 7) is 3.53. The van der Waals surface area contributed by atoms with Crippen LogP contribution in [-0.4, -0.2) is 19.3 Å².